The van der Waals surface area contributed by atoms with E-state index in [0.717, 1.165) is 48.6 Å². The largest absolute Gasteiger partial charge is 0.381 e. The van der Waals surface area contributed by atoms with Crippen LogP contribution in [0.5, 0.6) is 0 Å². The first-order valence-corrected chi connectivity index (χ1v) is 19.8. The second-order valence-corrected chi connectivity index (χ2v) is 15.5. The van der Waals surface area contributed by atoms with Gasteiger partial charge in [-0.25, -0.2) is 17.6 Å². The summed E-state index contributed by atoms with van der Waals surface area (Å²) in [6, 6.07) is 21.4. The summed E-state index contributed by atoms with van der Waals surface area (Å²) in [5.74, 6) is 0.313. The van der Waals surface area contributed by atoms with Crippen LogP contribution in [0.25, 0.3) is 22.3 Å². The van der Waals surface area contributed by atoms with Gasteiger partial charge in [-0.05, 0) is 158 Å². The Morgan fingerprint density at radius 3 is 1.13 bits per heavy atom. The van der Waals surface area contributed by atoms with Crippen molar-refractivity contribution in [1.82, 2.24) is 0 Å². The van der Waals surface area contributed by atoms with Gasteiger partial charge >= 0.3 is 0 Å². The van der Waals surface area contributed by atoms with Crippen LogP contribution in [0.3, 0.4) is 0 Å². The molecule has 53 heavy (non-hydrogen) atoms. The van der Waals surface area contributed by atoms with E-state index in [1.54, 1.807) is 0 Å². The van der Waals surface area contributed by atoms with Crippen molar-refractivity contribution in [2.45, 2.75) is 89.9 Å². The fourth-order valence-electron chi connectivity index (χ4n) is 8.36. The lowest BCUT2D eigenvalue weighted by molar-refractivity contribution is 0.138. The number of halogens is 4. The Morgan fingerprint density at radius 1 is 0.472 bits per heavy atom. The molecule has 2 fully saturated rings. The second-order valence-electron chi connectivity index (χ2n) is 15.5. The van der Waals surface area contributed by atoms with Crippen LogP contribution >= 0.6 is 0 Å². The first kappa shape index (κ1) is 38.8. The van der Waals surface area contributed by atoms with Crippen LogP contribution < -0.4 is 0 Å². The summed E-state index contributed by atoms with van der Waals surface area (Å²) in [4.78, 5) is 0. The predicted octanol–water partition coefficient (Wildman–Crippen LogP) is 13.2. The molecule has 5 heteroatoms. The zero-order valence-electron chi connectivity index (χ0n) is 31.0. The highest BCUT2D eigenvalue weighted by molar-refractivity contribution is 5.65. The van der Waals surface area contributed by atoms with Gasteiger partial charge in [-0.3, -0.25) is 0 Å². The molecule has 0 saturated heterocycles. The van der Waals surface area contributed by atoms with Crippen LogP contribution in [-0.4, -0.2) is 13.2 Å². The maximum absolute atomic E-state index is 15.1. The minimum absolute atomic E-state index is 0.0158. The van der Waals surface area contributed by atoms with Crippen LogP contribution in [0.1, 0.15) is 86.5 Å². The van der Waals surface area contributed by atoms with Gasteiger partial charge in [0.05, 0.1) is 13.2 Å². The Labute approximate surface area is 314 Å². The SMILES string of the molecule is C=CC1CCC(CCc2ccc(-c3cc(F)c(CCOCCc4c(F)cc(-c5ccc(CCC6CCC(C=C)CC6)cc5)cc4F)c(F)c3)cc2)CC1. The maximum Gasteiger partial charge on any atom is 0.130 e. The Balaban J connectivity index is 0.942. The smallest absolute Gasteiger partial charge is 0.130 e. The number of ether oxygens (including phenoxy) is 1. The lowest BCUT2D eigenvalue weighted by Gasteiger charge is -2.26. The normalized spacial score (nSPS) is 20.3. The van der Waals surface area contributed by atoms with Crippen LogP contribution in [0, 0.1) is 46.9 Å². The highest BCUT2D eigenvalue weighted by Gasteiger charge is 2.21. The van der Waals surface area contributed by atoms with Gasteiger partial charge in [-0.15, -0.1) is 13.2 Å². The molecule has 0 atom stereocenters. The molecule has 4 aromatic rings. The quantitative estimate of drug-likeness (QED) is 0.0636. The molecule has 6 rings (SSSR count). The predicted molar refractivity (Wildman–Crippen MR) is 210 cm³/mol. The van der Waals surface area contributed by atoms with Gasteiger partial charge in [0.25, 0.3) is 0 Å². The first-order chi connectivity index (χ1) is 25.8. The summed E-state index contributed by atoms with van der Waals surface area (Å²) in [6.07, 6.45) is 18.5. The second kappa shape index (κ2) is 18.9. The first-order valence-electron chi connectivity index (χ1n) is 19.8. The maximum atomic E-state index is 15.1. The van der Waals surface area contributed by atoms with E-state index in [2.05, 4.69) is 49.6 Å². The van der Waals surface area contributed by atoms with Crippen molar-refractivity contribution >= 4 is 0 Å². The molecule has 0 bridgehead atoms. The molecule has 4 aromatic carbocycles. The van der Waals surface area contributed by atoms with Crippen molar-refractivity contribution < 1.29 is 22.3 Å². The molecule has 0 aliphatic heterocycles. The van der Waals surface area contributed by atoms with Gasteiger partial charge in [-0.2, -0.15) is 0 Å². The van der Waals surface area contributed by atoms with Gasteiger partial charge in [-0.1, -0.05) is 60.7 Å². The number of allylic oxidation sites excluding steroid dienone is 2. The number of benzene rings is 4. The Hall–Kier alpha value is -3.96. The van der Waals surface area contributed by atoms with Crippen molar-refractivity contribution in [2.24, 2.45) is 23.7 Å². The molecule has 280 valence electrons. The van der Waals surface area contributed by atoms with Gasteiger partial charge in [0.1, 0.15) is 23.3 Å². The summed E-state index contributed by atoms with van der Waals surface area (Å²) < 4.78 is 65.9. The third kappa shape index (κ3) is 10.6. The number of hydrogen-bond acceptors (Lipinski definition) is 1. The molecule has 2 aliphatic carbocycles. The molecule has 0 amide bonds. The fraction of sp³-hybridized carbons (Fsp3) is 0.417. The zero-order chi connectivity index (χ0) is 37.2. The molecule has 2 aliphatic rings. The van der Waals surface area contributed by atoms with Crippen molar-refractivity contribution in [3.63, 3.8) is 0 Å². The van der Waals surface area contributed by atoms with E-state index < -0.39 is 23.3 Å². The summed E-state index contributed by atoms with van der Waals surface area (Å²) in [5.41, 5.74) is 4.86. The van der Waals surface area contributed by atoms with Crippen LogP contribution in [0.2, 0.25) is 0 Å². The number of hydrogen-bond donors (Lipinski definition) is 0. The molecule has 0 aromatic heterocycles. The Kier molecular flexibility index (Phi) is 13.8. The molecule has 0 unspecified atom stereocenters. The van der Waals surface area contributed by atoms with Crippen LogP contribution in [-0.2, 0) is 30.4 Å². The Morgan fingerprint density at radius 2 is 0.811 bits per heavy atom. The van der Waals surface area contributed by atoms with Gasteiger partial charge in [0.15, 0.2) is 0 Å². The van der Waals surface area contributed by atoms with Crippen molar-refractivity contribution in [1.29, 1.82) is 0 Å². The minimum atomic E-state index is -0.630. The third-order valence-electron chi connectivity index (χ3n) is 12.0. The molecular formula is C48H54F4O. The minimum Gasteiger partial charge on any atom is -0.381 e. The summed E-state index contributed by atoms with van der Waals surface area (Å²) >= 11 is 0. The average Bonchev–Trinajstić information content (AvgIpc) is 3.18. The summed E-state index contributed by atoms with van der Waals surface area (Å²) in [7, 11) is 0. The van der Waals surface area contributed by atoms with E-state index in [1.165, 1.54) is 86.8 Å². The molecule has 0 radical (unpaired) electrons. The molecule has 0 spiro atoms. The third-order valence-corrected chi connectivity index (χ3v) is 12.0. The van der Waals surface area contributed by atoms with Crippen LogP contribution in [0.15, 0.2) is 98.1 Å². The van der Waals surface area contributed by atoms with Crippen molar-refractivity contribution in [3.8, 4) is 22.3 Å². The number of rotatable bonds is 16. The fourth-order valence-corrected chi connectivity index (χ4v) is 8.36. The summed E-state index contributed by atoms with van der Waals surface area (Å²) in [5, 5.41) is 0. The van der Waals surface area contributed by atoms with E-state index >= 15 is 17.6 Å². The highest BCUT2D eigenvalue weighted by Crippen LogP contribution is 2.34. The highest BCUT2D eigenvalue weighted by atomic mass is 19.1. The molecule has 1 nitrogen and oxygen atoms in total. The molecular weight excluding hydrogens is 669 g/mol. The van der Waals surface area contributed by atoms with Crippen molar-refractivity contribution in [3.05, 3.63) is 144 Å². The van der Waals surface area contributed by atoms with E-state index in [-0.39, 0.29) is 37.2 Å². The standard InChI is InChI=1S/C48H54F4O/c1-3-33-5-9-35(10-6-33)13-15-37-17-21-39(22-18-37)41-29-45(49)43(46(50)30-41)25-27-53-28-26-44-47(51)31-42(32-48(44)52)40-23-19-38(20-24-40)16-14-36-11-7-34(4-2)8-12-36/h3-4,17-24,29-36H,1-2,5-16,25-28H2. The molecule has 0 N–H and O–H groups in total. The lowest BCUT2D eigenvalue weighted by atomic mass is 9.79. The monoisotopic (exact) mass is 722 g/mol. The number of aryl methyl sites for hydroxylation is 2. The van der Waals surface area contributed by atoms with E-state index in [4.69, 9.17) is 4.74 Å². The van der Waals surface area contributed by atoms with Crippen molar-refractivity contribution in [2.75, 3.05) is 13.2 Å². The topological polar surface area (TPSA) is 9.23 Å². The van der Waals surface area contributed by atoms with E-state index in [9.17, 15) is 0 Å². The van der Waals surface area contributed by atoms with E-state index in [1.807, 2.05) is 24.3 Å². The zero-order valence-corrected chi connectivity index (χ0v) is 31.0. The Bertz CT molecular complexity index is 1620. The summed E-state index contributed by atoms with van der Waals surface area (Å²) in [6.45, 7) is 7.93. The lowest BCUT2D eigenvalue weighted by Crippen LogP contribution is -2.13. The van der Waals surface area contributed by atoms with Crippen LogP contribution in [0.4, 0.5) is 17.6 Å². The average molecular weight is 723 g/mol. The van der Waals surface area contributed by atoms with E-state index in [0.29, 0.717) is 23.0 Å². The van der Waals surface area contributed by atoms with Gasteiger partial charge in [0, 0.05) is 24.0 Å². The van der Waals surface area contributed by atoms with Gasteiger partial charge < -0.3 is 4.74 Å². The molecule has 2 saturated carbocycles. The molecule has 0 heterocycles. The van der Waals surface area contributed by atoms with Gasteiger partial charge in [0.2, 0.25) is 0 Å².